The van der Waals surface area contributed by atoms with Gasteiger partial charge < -0.3 is 14.2 Å². The van der Waals surface area contributed by atoms with Gasteiger partial charge in [-0.2, -0.15) is 0 Å². The number of ether oxygens (including phenoxy) is 3. The van der Waals surface area contributed by atoms with E-state index in [1.54, 1.807) is 0 Å². The van der Waals surface area contributed by atoms with Crippen LogP contribution in [0.5, 0.6) is 0 Å². The molecule has 0 amide bonds. The molecule has 0 radical (unpaired) electrons. The molecule has 0 rings (SSSR count). The van der Waals surface area contributed by atoms with Crippen molar-refractivity contribution >= 4 is 17.9 Å². The highest BCUT2D eigenvalue weighted by Gasteiger charge is 2.19. The fourth-order valence-corrected chi connectivity index (χ4v) is 8.29. The van der Waals surface area contributed by atoms with Gasteiger partial charge in [-0.1, -0.05) is 260 Å². The van der Waals surface area contributed by atoms with E-state index in [-0.39, 0.29) is 31.1 Å². The summed E-state index contributed by atoms with van der Waals surface area (Å²) in [5.74, 6) is 1.61. The molecule has 0 N–H and O–H groups in total. The summed E-state index contributed by atoms with van der Waals surface area (Å²) >= 11 is 0. The average molecular weight is 863 g/mol. The van der Waals surface area contributed by atoms with E-state index in [0.29, 0.717) is 19.3 Å². The van der Waals surface area contributed by atoms with Gasteiger partial charge in [-0.05, 0) is 37.0 Å². The molecule has 1 atom stereocenters. The molecule has 0 aliphatic carbocycles. The second-order valence-corrected chi connectivity index (χ2v) is 20.3. The monoisotopic (exact) mass is 863 g/mol. The van der Waals surface area contributed by atoms with Crippen molar-refractivity contribution in [2.24, 2.45) is 17.8 Å². The summed E-state index contributed by atoms with van der Waals surface area (Å²) in [5.41, 5.74) is 0. The lowest BCUT2D eigenvalue weighted by Gasteiger charge is -2.18. The van der Waals surface area contributed by atoms with Gasteiger partial charge in [0.25, 0.3) is 0 Å². The fourth-order valence-electron chi connectivity index (χ4n) is 8.29. The number of hydrogen-bond donors (Lipinski definition) is 0. The zero-order valence-electron chi connectivity index (χ0n) is 42.0. The summed E-state index contributed by atoms with van der Waals surface area (Å²) in [7, 11) is 0. The molecule has 0 fully saturated rings. The van der Waals surface area contributed by atoms with Crippen LogP contribution in [-0.2, 0) is 28.6 Å². The van der Waals surface area contributed by atoms with E-state index in [2.05, 4.69) is 41.5 Å². The van der Waals surface area contributed by atoms with E-state index < -0.39 is 6.10 Å². The zero-order chi connectivity index (χ0) is 44.9. The van der Waals surface area contributed by atoms with E-state index in [1.807, 2.05) is 0 Å². The van der Waals surface area contributed by atoms with E-state index >= 15 is 0 Å². The molecule has 0 aromatic heterocycles. The molecule has 6 nitrogen and oxygen atoms in total. The first-order valence-electron chi connectivity index (χ1n) is 27.1. The third kappa shape index (κ3) is 49.3. The van der Waals surface area contributed by atoms with Gasteiger partial charge in [0, 0.05) is 19.3 Å². The highest BCUT2D eigenvalue weighted by atomic mass is 16.6. The fraction of sp³-hybridized carbons (Fsp3) is 0.945. The van der Waals surface area contributed by atoms with Gasteiger partial charge in [0.15, 0.2) is 6.10 Å². The molecule has 61 heavy (non-hydrogen) atoms. The number of unbranched alkanes of at least 4 members (excludes halogenated alkanes) is 31. The smallest absolute Gasteiger partial charge is 0.306 e. The van der Waals surface area contributed by atoms with E-state index in [0.717, 1.165) is 75.5 Å². The zero-order valence-corrected chi connectivity index (χ0v) is 42.0. The van der Waals surface area contributed by atoms with Crippen LogP contribution < -0.4 is 0 Å². The van der Waals surface area contributed by atoms with Gasteiger partial charge in [0.1, 0.15) is 13.2 Å². The molecule has 0 aromatic rings. The summed E-state index contributed by atoms with van der Waals surface area (Å²) < 4.78 is 16.8. The van der Waals surface area contributed by atoms with Crippen LogP contribution >= 0.6 is 0 Å². The van der Waals surface area contributed by atoms with Gasteiger partial charge in [-0.15, -0.1) is 0 Å². The molecule has 0 saturated heterocycles. The third-order valence-corrected chi connectivity index (χ3v) is 12.4. The Bertz CT molecular complexity index is 945. The van der Waals surface area contributed by atoms with E-state index in [1.165, 1.54) is 180 Å². The van der Waals surface area contributed by atoms with Crippen molar-refractivity contribution in [1.82, 2.24) is 0 Å². The Kier molecular flexibility index (Phi) is 45.2. The van der Waals surface area contributed by atoms with Crippen molar-refractivity contribution in [2.75, 3.05) is 13.2 Å². The van der Waals surface area contributed by atoms with Crippen molar-refractivity contribution in [1.29, 1.82) is 0 Å². The highest BCUT2D eigenvalue weighted by Crippen LogP contribution is 2.18. The number of esters is 3. The molecule has 0 aliphatic rings. The van der Waals surface area contributed by atoms with Crippen LogP contribution in [0.1, 0.15) is 298 Å². The Morgan fingerprint density at radius 3 is 0.705 bits per heavy atom. The van der Waals surface area contributed by atoms with Crippen molar-refractivity contribution in [2.45, 2.75) is 304 Å². The molecule has 0 aliphatic heterocycles. The van der Waals surface area contributed by atoms with Crippen LogP contribution in [0.4, 0.5) is 0 Å². The first-order chi connectivity index (χ1) is 29.6. The predicted octanol–water partition coefficient (Wildman–Crippen LogP) is 17.6. The number of carbonyl (C=O) groups is 3. The Hall–Kier alpha value is -1.59. The van der Waals surface area contributed by atoms with Crippen molar-refractivity contribution in [3.8, 4) is 0 Å². The van der Waals surface area contributed by atoms with E-state index in [9.17, 15) is 14.4 Å². The topological polar surface area (TPSA) is 78.9 Å². The number of hydrogen-bond acceptors (Lipinski definition) is 6. The summed E-state index contributed by atoms with van der Waals surface area (Å²) in [6.07, 6.45) is 46.7. The minimum atomic E-state index is -0.763. The second-order valence-electron chi connectivity index (χ2n) is 20.3. The van der Waals surface area contributed by atoms with Gasteiger partial charge in [0.2, 0.25) is 0 Å². The molecule has 0 bridgehead atoms. The minimum absolute atomic E-state index is 0.0646. The maximum atomic E-state index is 12.8. The van der Waals surface area contributed by atoms with E-state index in [4.69, 9.17) is 14.2 Å². The Morgan fingerprint density at radius 1 is 0.279 bits per heavy atom. The first-order valence-corrected chi connectivity index (χ1v) is 27.1. The normalized spacial score (nSPS) is 12.1. The maximum Gasteiger partial charge on any atom is 0.306 e. The second kappa shape index (κ2) is 46.4. The van der Waals surface area contributed by atoms with Crippen LogP contribution in [0.25, 0.3) is 0 Å². The minimum Gasteiger partial charge on any atom is -0.462 e. The van der Waals surface area contributed by atoms with Crippen LogP contribution in [0.15, 0.2) is 0 Å². The summed E-state index contributed by atoms with van der Waals surface area (Å²) in [6, 6.07) is 0. The van der Waals surface area contributed by atoms with Crippen LogP contribution in [0.3, 0.4) is 0 Å². The Balaban J connectivity index is 4.27. The number of carbonyl (C=O) groups excluding carboxylic acids is 3. The Morgan fingerprint density at radius 2 is 0.475 bits per heavy atom. The highest BCUT2D eigenvalue weighted by molar-refractivity contribution is 5.71. The molecule has 6 heteroatoms. The molecule has 362 valence electrons. The lowest BCUT2D eigenvalue weighted by atomic mass is 10.0. The first kappa shape index (κ1) is 59.4. The molecular weight excluding hydrogens is 757 g/mol. The number of rotatable bonds is 48. The lowest BCUT2D eigenvalue weighted by Crippen LogP contribution is -2.30. The van der Waals surface area contributed by atoms with Crippen molar-refractivity contribution < 1.29 is 28.6 Å². The van der Waals surface area contributed by atoms with Crippen molar-refractivity contribution in [3.63, 3.8) is 0 Å². The van der Waals surface area contributed by atoms with Gasteiger partial charge in [0.05, 0.1) is 0 Å². The average Bonchev–Trinajstić information content (AvgIpc) is 3.22. The van der Waals surface area contributed by atoms with Crippen LogP contribution in [0.2, 0.25) is 0 Å². The van der Waals surface area contributed by atoms with Crippen LogP contribution in [-0.4, -0.2) is 37.2 Å². The third-order valence-electron chi connectivity index (χ3n) is 12.4. The maximum absolute atomic E-state index is 12.8. The molecule has 0 aromatic carbocycles. The van der Waals surface area contributed by atoms with Crippen LogP contribution in [0, 0.1) is 17.8 Å². The molecule has 0 unspecified atom stereocenters. The predicted molar refractivity (Wildman–Crippen MR) is 261 cm³/mol. The van der Waals surface area contributed by atoms with Gasteiger partial charge >= 0.3 is 17.9 Å². The summed E-state index contributed by atoms with van der Waals surface area (Å²) in [5, 5.41) is 0. The molecule has 0 spiro atoms. The molecular formula is C55H106O6. The SMILES string of the molecule is CC(C)CCCCCCCCCCCCCCCCC(=O)OC[C@@H](COC(=O)CCCCCCCCCC(C)C)OC(=O)CCCCCCCCCCCCCCCC(C)C. The molecule has 0 saturated carbocycles. The largest absolute Gasteiger partial charge is 0.462 e. The van der Waals surface area contributed by atoms with Gasteiger partial charge in [-0.3, -0.25) is 14.4 Å². The summed E-state index contributed by atoms with van der Waals surface area (Å²) in [4.78, 5) is 38.0. The van der Waals surface area contributed by atoms with Gasteiger partial charge in [-0.25, -0.2) is 0 Å². The summed E-state index contributed by atoms with van der Waals surface area (Å²) in [6.45, 7) is 13.7. The standard InChI is InChI=1S/C55H106O6/c1-49(2)41-35-29-23-18-14-10-7-8-12-16-20-26-32-38-44-53(56)59-47-52(48-60-54(57)45-39-33-28-22-25-31-37-43-51(5)6)61-55(58)46-40-34-27-21-17-13-9-11-15-19-24-30-36-42-50(3)4/h49-52H,7-48H2,1-6H3/t52-/m0/s1. The Labute approximate surface area is 380 Å². The van der Waals surface area contributed by atoms with Crippen molar-refractivity contribution in [3.05, 3.63) is 0 Å². The lowest BCUT2D eigenvalue weighted by molar-refractivity contribution is -0.167. The molecule has 0 heterocycles. The quantitative estimate of drug-likeness (QED) is 0.0344.